The molecule has 0 aliphatic heterocycles. The second-order valence-electron chi connectivity index (χ2n) is 3.19. The molecule has 0 fully saturated rings. The van der Waals surface area contributed by atoms with E-state index >= 15 is 0 Å². The first kappa shape index (κ1) is 13.3. The van der Waals surface area contributed by atoms with Gasteiger partial charge in [-0.05, 0) is 18.2 Å². The van der Waals surface area contributed by atoms with E-state index in [4.69, 9.17) is 5.73 Å². The highest BCUT2D eigenvalue weighted by atomic mass is 19.3. The number of carbonyl (C=O) groups is 1. The predicted molar refractivity (Wildman–Crippen MR) is 56.3 cm³/mol. The number of hydrogen-bond acceptors (Lipinski definition) is 3. The lowest BCUT2D eigenvalue weighted by Gasteiger charge is -2.07. The summed E-state index contributed by atoms with van der Waals surface area (Å²) in [6.07, 6.45) is -2.65. The molecule has 3 N–H and O–H groups in total. The molecule has 94 valence electrons. The standard InChI is InChI=1S/C10H11F3N2O2/c11-7-2-1-6(14)3-8(7)15-10(16)5-17-4-9(12)13/h1-3,9H,4-5,14H2,(H,15,16). The summed E-state index contributed by atoms with van der Waals surface area (Å²) in [6, 6.07) is 3.64. The van der Waals surface area contributed by atoms with E-state index in [9.17, 15) is 18.0 Å². The van der Waals surface area contributed by atoms with E-state index in [0.29, 0.717) is 0 Å². The van der Waals surface area contributed by atoms with Crippen molar-refractivity contribution < 1.29 is 22.7 Å². The zero-order chi connectivity index (χ0) is 12.8. The number of amides is 1. The second kappa shape index (κ2) is 6.09. The van der Waals surface area contributed by atoms with Gasteiger partial charge in [-0.15, -0.1) is 0 Å². The Morgan fingerprint density at radius 1 is 1.47 bits per heavy atom. The second-order valence-corrected chi connectivity index (χ2v) is 3.19. The molecular weight excluding hydrogens is 237 g/mol. The van der Waals surface area contributed by atoms with Crippen molar-refractivity contribution in [3.8, 4) is 0 Å². The van der Waals surface area contributed by atoms with Crippen molar-refractivity contribution in [2.45, 2.75) is 6.43 Å². The van der Waals surface area contributed by atoms with Crippen molar-refractivity contribution in [1.29, 1.82) is 0 Å². The number of rotatable bonds is 5. The summed E-state index contributed by atoms with van der Waals surface area (Å²) in [5.74, 6) is -1.39. The fourth-order valence-electron chi connectivity index (χ4n) is 1.07. The van der Waals surface area contributed by atoms with Crippen LogP contribution >= 0.6 is 0 Å². The first-order valence-electron chi connectivity index (χ1n) is 4.70. The molecule has 0 heterocycles. The van der Waals surface area contributed by atoms with Gasteiger partial charge in [0.05, 0.1) is 5.69 Å². The molecule has 1 rings (SSSR count). The molecule has 7 heteroatoms. The molecule has 0 saturated heterocycles. The highest BCUT2D eigenvalue weighted by molar-refractivity contribution is 5.92. The number of halogens is 3. The summed E-state index contributed by atoms with van der Waals surface area (Å²) in [7, 11) is 0. The lowest BCUT2D eigenvalue weighted by Crippen LogP contribution is -2.20. The van der Waals surface area contributed by atoms with Crippen LogP contribution in [0.5, 0.6) is 0 Å². The van der Waals surface area contributed by atoms with E-state index in [1.165, 1.54) is 12.1 Å². The van der Waals surface area contributed by atoms with Crippen LogP contribution in [0, 0.1) is 5.82 Å². The monoisotopic (exact) mass is 248 g/mol. The van der Waals surface area contributed by atoms with Crippen molar-refractivity contribution in [2.24, 2.45) is 0 Å². The fourth-order valence-corrected chi connectivity index (χ4v) is 1.07. The molecule has 4 nitrogen and oxygen atoms in total. The van der Waals surface area contributed by atoms with E-state index in [2.05, 4.69) is 10.1 Å². The van der Waals surface area contributed by atoms with Gasteiger partial charge < -0.3 is 15.8 Å². The largest absolute Gasteiger partial charge is 0.399 e. The third-order valence-corrected chi connectivity index (χ3v) is 1.74. The van der Waals surface area contributed by atoms with Gasteiger partial charge >= 0.3 is 0 Å². The Balaban J connectivity index is 2.47. The molecule has 1 aromatic rings. The Morgan fingerprint density at radius 2 is 2.18 bits per heavy atom. The number of nitrogen functional groups attached to an aromatic ring is 1. The topological polar surface area (TPSA) is 64.3 Å². The van der Waals surface area contributed by atoms with Gasteiger partial charge in [0.15, 0.2) is 0 Å². The molecule has 0 aliphatic rings. The number of anilines is 2. The van der Waals surface area contributed by atoms with Gasteiger partial charge in [0, 0.05) is 5.69 Å². The van der Waals surface area contributed by atoms with Gasteiger partial charge in [-0.3, -0.25) is 4.79 Å². The lowest BCUT2D eigenvalue weighted by atomic mass is 10.2. The van der Waals surface area contributed by atoms with Gasteiger partial charge in [-0.2, -0.15) is 0 Å². The van der Waals surface area contributed by atoms with Gasteiger partial charge in [0.1, 0.15) is 19.0 Å². The first-order valence-corrected chi connectivity index (χ1v) is 4.70. The summed E-state index contributed by atoms with van der Waals surface area (Å²) in [5, 5.41) is 2.16. The van der Waals surface area contributed by atoms with Crippen LogP contribution in [0.3, 0.4) is 0 Å². The van der Waals surface area contributed by atoms with Crippen LogP contribution in [0.4, 0.5) is 24.5 Å². The fraction of sp³-hybridized carbons (Fsp3) is 0.300. The highest BCUT2D eigenvalue weighted by Crippen LogP contribution is 2.17. The predicted octanol–water partition coefficient (Wildman–Crippen LogP) is 1.63. The molecule has 0 aliphatic carbocycles. The van der Waals surface area contributed by atoms with E-state index < -0.39 is 31.4 Å². The molecule has 0 atom stereocenters. The van der Waals surface area contributed by atoms with Crippen LogP contribution in [-0.4, -0.2) is 25.5 Å². The molecule has 1 amide bonds. The average Bonchev–Trinajstić information content (AvgIpc) is 2.23. The van der Waals surface area contributed by atoms with Crippen LogP contribution in [-0.2, 0) is 9.53 Å². The quantitative estimate of drug-likeness (QED) is 0.778. The molecule has 0 radical (unpaired) electrons. The Morgan fingerprint density at radius 3 is 2.82 bits per heavy atom. The zero-order valence-electron chi connectivity index (χ0n) is 8.75. The Kier molecular flexibility index (Phi) is 4.77. The lowest BCUT2D eigenvalue weighted by molar-refractivity contribution is -0.121. The Bertz CT molecular complexity index is 399. The van der Waals surface area contributed by atoms with Crippen molar-refractivity contribution >= 4 is 17.3 Å². The number of nitrogens with two attached hydrogens (primary N) is 1. The van der Waals surface area contributed by atoms with Gasteiger partial charge in [0.2, 0.25) is 5.91 Å². The van der Waals surface area contributed by atoms with Crippen LogP contribution < -0.4 is 11.1 Å². The van der Waals surface area contributed by atoms with E-state index in [1.54, 1.807) is 0 Å². The Hall–Kier alpha value is -1.76. The van der Waals surface area contributed by atoms with Crippen LogP contribution in [0.2, 0.25) is 0 Å². The number of benzene rings is 1. The third kappa shape index (κ3) is 4.73. The molecule has 0 spiro atoms. The van der Waals surface area contributed by atoms with E-state index in [1.807, 2.05) is 0 Å². The number of nitrogens with one attached hydrogen (secondary N) is 1. The van der Waals surface area contributed by atoms with Crippen molar-refractivity contribution in [2.75, 3.05) is 24.3 Å². The molecule has 0 saturated carbocycles. The van der Waals surface area contributed by atoms with Crippen LogP contribution in [0.1, 0.15) is 0 Å². The van der Waals surface area contributed by atoms with Gasteiger partial charge in [-0.25, -0.2) is 13.2 Å². The van der Waals surface area contributed by atoms with E-state index in [-0.39, 0.29) is 11.4 Å². The molecule has 0 unspecified atom stereocenters. The molecular formula is C10H11F3N2O2. The van der Waals surface area contributed by atoms with Crippen LogP contribution in [0.25, 0.3) is 0 Å². The van der Waals surface area contributed by atoms with Crippen molar-refractivity contribution in [3.05, 3.63) is 24.0 Å². The summed E-state index contributed by atoms with van der Waals surface area (Å²) >= 11 is 0. The molecule has 17 heavy (non-hydrogen) atoms. The van der Waals surface area contributed by atoms with Gasteiger partial charge in [0.25, 0.3) is 6.43 Å². The molecule has 1 aromatic carbocycles. The molecule has 0 aromatic heterocycles. The van der Waals surface area contributed by atoms with Crippen LogP contribution in [0.15, 0.2) is 18.2 Å². The maximum absolute atomic E-state index is 13.1. The summed E-state index contributed by atoms with van der Waals surface area (Å²) in [6.45, 7) is -1.41. The average molecular weight is 248 g/mol. The number of alkyl halides is 2. The number of ether oxygens (including phenoxy) is 1. The third-order valence-electron chi connectivity index (χ3n) is 1.74. The normalized spacial score (nSPS) is 10.6. The maximum atomic E-state index is 13.1. The number of carbonyl (C=O) groups excluding carboxylic acids is 1. The van der Waals surface area contributed by atoms with Gasteiger partial charge in [-0.1, -0.05) is 0 Å². The summed E-state index contributed by atoms with van der Waals surface area (Å²) in [5.41, 5.74) is 5.55. The minimum Gasteiger partial charge on any atom is -0.399 e. The smallest absolute Gasteiger partial charge is 0.261 e. The minimum absolute atomic E-state index is 0.115. The SMILES string of the molecule is Nc1ccc(F)c(NC(=O)COCC(F)F)c1. The maximum Gasteiger partial charge on any atom is 0.261 e. The summed E-state index contributed by atoms with van der Waals surface area (Å²) in [4.78, 5) is 11.2. The first-order chi connectivity index (χ1) is 7.99. The highest BCUT2D eigenvalue weighted by Gasteiger charge is 2.09. The number of hydrogen-bond donors (Lipinski definition) is 2. The van der Waals surface area contributed by atoms with E-state index in [0.717, 1.165) is 6.07 Å². The summed E-state index contributed by atoms with van der Waals surface area (Å²) < 4.78 is 40.9. The minimum atomic E-state index is -2.65. The Labute approximate surface area is 95.6 Å². The van der Waals surface area contributed by atoms with Crippen molar-refractivity contribution in [3.63, 3.8) is 0 Å². The van der Waals surface area contributed by atoms with Crippen molar-refractivity contribution in [1.82, 2.24) is 0 Å². The molecule has 0 bridgehead atoms. The zero-order valence-corrected chi connectivity index (χ0v) is 8.75.